The van der Waals surface area contributed by atoms with Crippen molar-refractivity contribution in [3.63, 3.8) is 0 Å². The Morgan fingerprint density at radius 2 is 1.78 bits per heavy atom. The molecule has 0 spiro atoms. The van der Waals surface area contributed by atoms with Crippen molar-refractivity contribution >= 4 is 23.2 Å². The van der Waals surface area contributed by atoms with Crippen LogP contribution in [0.1, 0.15) is 36.3 Å². The molecule has 1 aliphatic carbocycles. The number of nitrogens with zero attached hydrogens (tertiary/aromatic N) is 1. The van der Waals surface area contributed by atoms with Crippen LogP contribution in [0.5, 0.6) is 0 Å². The van der Waals surface area contributed by atoms with Crippen molar-refractivity contribution in [1.29, 1.82) is 0 Å². The minimum absolute atomic E-state index is 0.0387. The first-order chi connectivity index (χ1) is 13.0. The minimum Gasteiger partial charge on any atom is -0.382 e. The van der Waals surface area contributed by atoms with Crippen LogP contribution in [0.4, 0.5) is 8.78 Å². The molecule has 4 rings (SSSR count). The molecule has 7 heteroatoms. The van der Waals surface area contributed by atoms with E-state index in [4.69, 9.17) is 16.4 Å². The zero-order valence-electron chi connectivity index (χ0n) is 14.3. The highest BCUT2D eigenvalue weighted by molar-refractivity contribution is 6.30. The SMILES string of the molecule is O=C(NC1CC(c2ccc(Cl)cc2)C1)C1CC(c2c(F)cccc2F)=NO1. The molecule has 1 aliphatic heterocycles. The van der Waals surface area contributed by atoms with E-state index in [2.05, 4.69) is 10.5 Å². The van der Waals surface area contributed by atoms with Crippen molar-refractivity contribution in [3.05, 3.63) is 70.2 Å². The molecule has 27 heavy (non-hydrogen) atoms. The quantitative estimate of drug-likeness (QED) is 0.851. The Kier molecular flexibility index (Phi) is 4.83. The maximum atomic E-state index is 13.8. The molecule has 0 saturated heterocycles. The van der Waals surface area contributed by atoms with Crippen LogP contribution in [0.15, 0.2) is 47.6 Å². The summed E-state index contributed by atoms with van der Waals surface area (Å²) >= 11 is 5.89. The number of nitrogens with one attached hydrogen (secondary N) is 1. The number of carbonyl (C=O) groups excluding carboxylic acids is 1. The molecule has 4 nitrogen and oxygen atoms in total. The number of hydrogen-bond donors (Lipinski definition) is 1. The van der Waals surface area contributed by atoms with Crippen LogP contribution in [0, 0.1) is 11.6 Å². The van der Waals surface area contributed by atoms with Gasteiger partial charge in [0.05, 0.1) is 11.3 Å². The molecule has 1 saturated carbocycles. The number of hydrogen-bond acceptors (Lipinski definition) is 3. The van der Waals surface area contributed by atoms with Crippen molar-refractivity contribution in [3.8, 4) is 0 Å². The third kappa shape index (κ3) is 3.67. The van der Waals surface area contributed by atoms with Gasteiger partial charge in [-0.15, -0.1) is 0 Å². The topological polar surface area (TPSA) is 50.7 Å². The monoisotopic (exact) mass is 390 g/mol. The molecule has 1 atom stereocenters. The predicted octanol–water partition coefficient (Wildman–Crippen LogP) is 4.17. The number of halogens is 3. The van der Waals surface area contributed by atoms with Crippen LogP contribution < -0.4 is 5.32 Å². The zero-order chi connectivity index (χ0) is 19.0. The van der Waals surface area contributed by atoms with Gasteiger partial charge in [-0.25, -0.2) is 8.78 Å². The van der Waals surface area contributed by atoms with Gasteiger partial charge in [0.2, 0.25) is 6.10 Å². The smallest absolute Gasteiger partial charge is 0.264 e. The highest BCUT2D eigenvalue weighted by atomic mass is 35.5. The number of benzene rings is 2. The van der Waals surface area contributed by atoms with Crippen molar-refractivity contribution < 1.29 is 18.4 Å². The van der Waals surface area contributed by atoms with Crippen molar-refractivity contribution in [1.82, 2.24) is 5.32 Å². The first kappa shape index (κ1) is 17.9. The fourth-order valence-electron chi connectivity index (χ4n) is 3.48. The number of oxime groups is 1. The molecule has 2 aromatic carbocycles. The third-order valence-electron chi connectivity index (χ3n) is 5.04. The second kappa shape index (κ2) is 7.27. The summed E-state index contributed by atoms with van der Waals surface area (Å²) in [6, 6.07) is 11.3. The second-order valence-electron chi connectivity index (χ2n) is 6.86. The van der Waals surface area contributed by atoms with Gasteiger partial charge in [0.1, 0.15) is 11.6 Å². The standard InChI is InChI=1S/C20H17ClF2N2O2/c21-13-6-4-11(5-7-13)12-8-14(9-12)24-20(26)18-10-17(25-27-18)19-15(22)2-1-3-16(19)23/h1-7,12,14,18H,8-10H2,(H,24,26). The van der Waals surface area contributed by atoms with Crippen LogP contribution in [0.2, 0.25) is 5.02 Å². The van der Waals surface area contributed by atoms with Gasteiger partial charge >= 0.3 is 0 Å². The minimum atomic E-state index is -0.867. The molecule has 1 fully saturated rings. The number of rotatable bonds is 4. The fourth-order valence-corrected chi connectivity index (χ4v) is 3.60. The third-order valence-corrected chi connectivity index (χ3v) is 5.29. The average Bonchev–Trinajstić information content (AvgIpc) is 3.08. The largest absolute Gasteiger partial charge is 0.382 e. The van der Waals surface area contributed by atoms with E-state index in [1.807, 2.05) is 24.3 Å². The number of amides is 1. The first-order valence-electron chi connectivity index (χ1n) is 8.74. The van der Waals surface area contributed by atoms with Gasteiger partial charge in [-0.05, 0) is 48.6 Å². The fraction of sp³-hybridized carbons (Fsp3) is 0.300. The van der Waals surface area contributed by atoms with Crippen LogP contribution in [0.25, 0.3) is 0 Å². The van der Waals surface area contributed by atoms with E-state index in [1.54, 1.807) is 0 Å². The van der Waals surface area contributed by atoms with Crippen LogP contribution >= 0.6 is 11.6 Å². The van der Waals surface area contributed by atoms with E-state index in [0.29, 0.717) is 10.9 Å². The van der Waals surface area contributed by atoms with Gasteiger partial charge in [-0.1, -0.05) is 35.0 Å². The van der Waals surface area contributed by atoms with Crippen LogP contribution in [-0.2, 0) is 9.63 Å². The molecular formula is C20H17ClF2N2O2. The van der Waals surface area contributed by atoms with Gasteiger partial charge < -0.3 is 10.2 Å². The van der Waals surface area contributed by atoms with Crippen LogP contribution in [-0.4, -0.2) is 23.8 Å². The van der Waals surface area contributed by atoms with E-state index in [-0.39, 0.29) is 29.6 Å². The summed E-state index contributed by atoms with van der Waals surface area (Å²) < 4.78 is 27.7. The lowest BCUT2D eigenvalue weighted by atomic mass is 9.76. The van der Waals surface area contributed by atoms with Gasteiger partial charge in [0.25, 0.3) is 5.91 Å². The summed E-state index contributed by atoms with van der Waals surface area (Å²) in [5, 5.41) is 7.33. The lowest BCUT2D eigenvalue weighted by molar-refractivity contribution is -0.132. The van der Waals surface area contributed by atoms with Gasteiger partial charge in [-0.2, -0.15) is 0 Å². The van der Waals surface area contributed by atoms with E-state index in [1.165, 1.54) is 11.6 Å². The summed E-state index contributed by atoms with van der Waals surface area (Å²) in [5.74, 6) is -1.37. The molecule has 1 unspecified atom stereocenters. The van der Waals surface area contributed by atoms with E-state index in [9.17, 15) is 13.6 Å². The lowest BCUT2D eigenvalue weighted by Gasteiger charge is -2.36. The Morgan fingerprint density at radius 1 is 1.11 bits per heavy atom. The van der Waals surface area contributed by atoms with Crippen molar-refractivity contribution in [2.75, 3.05) is 0 Å². The molecule has 1 heterocycles. The van der Waals surface area contributed by atoms with E-state index < -0.39 is 17.7 Å². The predicted molar refractivity (Wildman–Crippen MR) is 97.7 cm³/mol. The molecule has 2 aromatic rings. The van der Waals surface area contributed by atoms with E-state index >= 15 is 0 Å². The Bertz CT molecular complexity index is 875. The maximum absolute atomic E-state index is 13.8. The molecule has 0 aromatic heterocycles. The molecule has 0 bridgehead atoms. The summed E-state index contributed by atoms with van der Waals surface area (Å²) in [6.07, 6.45) is 0.830. The molecule has 0 radical (unpaired) electrons. The first-order valence-corrected chi connectivity index (χ1v) is 9.12. The highest BCUT2D eigenvalue weighted by Crippen LogP contribution is 2.37. The Labute approximate surface area is 160 Å². The van der Waals surface area contributed by atoms with Crippen molar-refractivity contribution in [2.45, 2.75) is 37.3 Å². The summed E-state index contributed by atoms with van der Waals surface area (Å²) in [4.78, 5) is 17.5. The molecular weight excluding hydrogens is 374 g/mol. The second-order valence-corrected chi connectivity index (χ2v) is 7.29. The average molecular weight is 391 g/mol. The molecule has 140 valence electrons. The normalized spacial score (nSPS) is 24.0. The summed E-state index contributed by atoms with van der Waals surface area (Å²) in [5.41, 5.74) is 1.07. The maximum Gasteiger partial charge on any atom is 0.264 e. The number of carbonyl (C=O) groups is 1. The Balaban J connectivity index is 1.30. The highest BCUT2D eigenvalue weighted by Gasteiger charge is 2.36. The summed E-state index contributed by atoms with van der Waals surface area (Å²) in [7, 11) is 0. The summed E-state index contributed by atoms with van der Waals surface area (Å²) in [6.45, 7) is 0. The zero-order valence-corrected chi connectivity index (χ0v) is 15.0. The van der Waals surface area contributed by atoms with Crippen LogP contribution in [0.3, 0.4) is 0 Å². The molecule has 1 N–H and O–H groups in total. The van der Waals surface area contributed by atoms with Gasteiger partial charge in [-0.3, -0.25) is 4.79 Å². The Morgan fingerprint density at radius 3 is 2.44 bits per heavy atom. The Hall–Kier alpha value is -2.47. The molecule has 1 amide bonds. The molecule has 2 aliphatic rings. The van der Waals surface area contributed by atoms with E-state index in [0.717, 1.165) is 25.0 Å². The lowest BCUT2D eigenvalue weighted by Crippen LogP contribution is -2.47. The van der Waals surface area contributed by atoms with Crippen molar-refractivity contribution in [2.24, 2.45) is 5.16 Å². The van der Waals surface area contributed by atoms with Gasteiger partial charge in [0, 0.05) is 17.5 Å². The van der Waals surface area contributed by atoms with Gasteiger partial charge in [0.15, 0.2) is 0 Å².